The SMILES string of the molecule is CCNC(=NCC(C)(C)C(N)=O)N1CCC(c2ccc(OC)cc2)C1. The molecule has 1 aromatic rings. The quantitative estimate of drug-likeness (QED) is 0.609. The summed E-state index contributed by atoms with van der Waals surface area (Å²) < 4.78 is 5.23. The number of rotatable bonds is 6. The molecule has 1 amide bonds. The molecule has 6 nitrogen and oxygen atoms in total. The molecule has 0 aromatic heterocycles. The van der Waals surface area contributed by atoms with E-state index in [0.29, 0.717) is 12.5 Å². The van der Waals surface area contributed by atoms with Gasteiger partial charge in [-0.05, 0) is 44.9 Å². The van der Waals surface area contributed by atoms with Gasteiger partial charge in [-0.3, -0.25) is 9.79 Å². The van der Waals surface area contributed by atoms with Gasteiger partial charge in [0.15, 0.2) is 5.96 Å². The first-order valence-corrected chi connectivity index (χ1v) is 8.84. The van der Waals surface area contributed by atoms with Crippen LogP contribution in [0.2, 0.25) is 0 Å². The number of hydrogen-bond acceptors (Lipinski definition) is 3. The third-order valence-corrected chi connectivity index (χ3v) is 4.70. The molecule has 0 saturated carbocycles. The van der Waals surface area contributed by atoms with Crippen molar-refractivity contribution >= 4 is 11.9 Å². The zero-order valence-corrected chi connectivity index (χ0v) is 15.7. The third-order valence-electron chi connectivity index (χ3n) is 4.70. The number of carbonyl (C=O) groups is 1. The maximum Gasteiger partial charge on any atom is 0.224 e. The van der Waals surface area contributed by atoms with Crippen LogP contribution in [0.4, 0.5) is 0 Å². The first-order valence-electron chi connectivity index (χ1n) is 8.84. The van der Waals surface area contributed by atoms with Crippen LogP contribution in [0.5, 0.6) is 5.75 Å². The van der Waals surface area contributed by atoms with Gasteiger partial charge in [0.2, 0.25) is 5.91 Å². The molecule has 1 atom stereocenters. The normalized spacial score (nSPS) is 18.3. The van der Waals surface area contributed by atoms with Crippen molar-refractivity contribution in [3.05, 3.63) is 29.8 Å². The van der Waals surface area contributed by atoms with E-state index < -0.39 is 5.41 Å². The van der Waals surface area contributed by atoms with Gasteiger partial charge in [0.1, 0.15) is 5.75 Å². The van der Waals surface area contributed by atoms with Gasteiger partial charge >= 0.3 is 0 Å². The van der Waals surface area contributed by atoms with Crippen molar-refractivity contribution in [2.45, 2.75) is 33.1 Å². The van der Waals surface area contributed by atoms with E-state index in [2.05, 4.69) is 27.3 Å². The van der Waals surface area contributed by atoms with Gasteiger partial charge in [0.05, 0.1) is 19.1 Å². The summed E-state index contributed by atoms with van der Waals surface area (Å²) >= 11 is 0. The van der Waals surface area contributed by atoms with Crippen LogP contribution >= 0.6 is 0 Å². The Labute approximate surface area is 150 Å². The molecule has 0 aliphatic carbocycles. The zero-order chi connectivity index (χ0) is 18.4. The first-order chi connectivity index (χ1) is 11.9. The predicted octanol–water partition coefficient (Wildman–Crippen LogP) is 1.96. The van der Waals surface area contributed by atoms with Crippen LogP contribution in [0.25, 0.3) is 0 Å². The van der Waals surface area contributed by atoms with E-state index in [1.807, 2.05) is 32.9 Å². The van der Waals surface area contributed by atoms with Crippen LogP contribution in [0.3, 0.4) is 0 Å². The molecular weight excluding hydrogens is 316 g/mol. The lowest BCUT2D eigenvalue weighted by atomic mass is 9.93. The van der Waals surface area contributed by atoms with Gasteiger partial charge in [-0.1, -0.05) is 12.1 Å². The molecule has 0 spiro atoms. The van der Waals surface area contributed by atoms with Gasteiger partial charge in [0, 0.05) is 25.6 Å². The molecule has 6 heteroatoms. The Kier molecular flexibility index (Phi) is 6.28. The van der Waals surface area contributed by atoms with E-state index in [0.717, 1.165) is 37.8 Å². The summed E-state index contributed by atoms with van der Waals surface area (Å²) in [4.78, 5) is 18.4. The Balaban J connectivity index is 2.06. The topological polar surface area (TPSA) is 79.9 Å². The maximum absolute atomic E-state index is 11.5. The van der Waals surface area contributed by atoms with Crippen molar-refractivity contribution in [1.82, 2.24) is 10.2 Å². The number of methoxy groups -OCH3 is 1. The largest absolute Gasteiger partial charge is 0.497 e. The lowest BCUT2D eigenvalue weighted by Gasteiger charge is -2.24. The number of guanidine groups is 1. The van der Waals surface area contributed by atoms with E-state index in [-0.39, 0.29) is 5.91 Å². The summed E-state index contributed by atoms with van der Waals surface area (Å²) in [6, 6.07) is 8.28. The summed E-state index contributed by atoms with van der Waals surface area (Å²) in [5.74, 6) is 1.87. The molecule has 138 valence electrons. The number of aliphatic imine (C=N–C) groups is 1. The van der Waals surface area contributed by atoms with E-state index in [1.54, 1.807) is 7.11 Å². The van der Waals surface area contributed by atoms with Crippen molar-refractivity contribution in [1.29, 1.82) is 0 Å². The van der Waals surface area contributed by atoms with Crippen molar-refractivity contribution in [2.75, 3.05) is 33.3 Å². The summed E-state index contributed by atoms with van der Waals surface area (Å²) in [6.45, 7) is 8.73. The van der Waals surface area contributed by atoms with Crippen molar-refractivity contribution < 1.29 is 9.53 Å². The number of ether oxygens (including phenoxy) is 1. The monoisotopic (exact) mass is 346 g/mol. The second kappa shape index (κ2) is 8.23. The van der Waals surface area contributed by atoms with Crippen LogP contribution in [-0.2, 0) is 4.79 Å². The Morgan fingerprint density at radius 2 is 2.08 bits per heavy atom. The summed E-state index contributed by atoms with van der Waals surface area (Å²) in [5, 5.41) is 3.33. The average Bonchev–Trinajstić information content (AvgIpc) is 3.08. The van der Waals surface area contributed by atoms with E-state index in [4.69, 9.17) is 10.5 Å². The van der Waals surface area contributed by atoms with Crippen molar-refractivity contribution in [2.24, 2.45) is 16.1 Å². The third kappa shape index (κ3) is 4.87. The fourth-order valence-electron chi connectivity index (χ4n) is 2.88. The van der Waals surface area contributed by atoms with Gasteiger partial charge in [-0.25, -0.2) is 0 Å². The number of nitrogens with one attached hydrogen (secondary N) is 1. The van der Waals surface area contributed by atoms with Gasteiger partial charge in [0.25, 0.3) is 0 Å². The number of likely N-dealkylation sites (tertiary alicyclic amines) is 1. The van der Waals surface area contributed by atoms with Crippen LogP contribution in [-0.4, -0.2) is 50.1 Å². The minimum absolute atomic E-state index is 0.329. The average molecular weight is 346 g/mol. The lowest BCUT2D eigenvalue weighted by molar-refractivity contribution is -0.125. The number of hydrogen-bond donors (Lipinski definition) is 2. The first kappa shape index (κ1) is 19.1. The Morgan fingerprint density at radius 3 is 2.64 bits per heavy atom. The smallest absolute Gasteiger partial charge is 0.224 e. The summed E-state index contributed by atoms with van der Waals surface area (Å²) in [6.07, 6.45) is 1.08. The van der Waals surface area contributed by atoms with Crippen LogP contribution < -0.4 is 15.8 Å². The Hall–Kier alpha value is -2.24. The molecule has 1 aromatic carbocycles. The Bertz CT molecular complexity index is 610. The molecule has 1 aliphatic rings. The number of nitrogens with zero attached hydrogens (tertiary/aromatic N) is 2. The van der Waals surface area contributed by atoms with Crippen molar-refractivity contribution in [3.8, 4) is 5.75 Å². The molecule has 1 fully saturated rings. The molecule has 3 N–H and O–H groups in total. The fraction of sp³-hybridized carbons (Fsp3) is 0.579. The van der Waals surface area contributed by atoms with Gasteiger partial charge in [-0.15, -0.1) is 0 Å². The number of primary amides is 1. The van der Waals surface area contributed by atoms with E-state index in [1.165, 1.54) is 5.56 Å². The molecule has 0 radical (unpaired) electrons. The summed E-state index contributed by atoms with van der Waals surface area (Å²) in [5.41, 5.74) is 6.13. The van der Waals surface area contributed by atoms with E-state index >= 15 is 0 Å². The number of carbonyl (C=O) groups excluding carboxylic acids is 1. The molecular formula is C19H30N4O2. The standard InChI is InChI=1S/C19H30N4O2/c1-5-21-18(22-13-19(2,3)17(20)24)23-11-10-15(12-23)14-6-8-16(25-4)9-7-14/h6-9,15H,5,10-13H2,1-4H3,(H2,20,24)(H,21,22). The zero-order valence-electron chi connectivity index (χ0n) is 15.7. The van der Waals surface area contributed by atoms with E-state index in [9.17, 15) is 4.79 Å². The minimum Gasteiger partial charge on any atom is -0.497 e. The lowest BCUT2D eigenvalue weighted by Crippen LogP contribution is -2.42. The summed E-state index contributed by atoms with van der Waals surface area (Å²) in [7, 11) is 1.68. The van der Waals surface area contributed by atoms with Crippen LogP contribution in [0.1, 0.15) is 38.7 Å². The molecule has 2 rings (SSSR count). The minimum atomic E-state index is -0.643. The molecule has 1 unspecified atom stereocenters. The second-order valence-corrected chi connectivity index (χ2v) is 7.12. The number of amides is 1. The molecule has 1 aliphatic heterocycles. The predicted molar refractivity (Wildman–Crippen MR) is 101 cm³/mol. The highest BCUT2D eigenvalue weighted by molar-refractivity contribution is 5.83. The second-order valence-electron chi connectivity index (χ2n) is 7.12. The van der Waals surface area contributed by atoms with Gasteiger partial charge < -0.3 is 20.7 Å². The van der Waals surface area contributed by atoms with Gasteiger partial charge in [-0.2, -0.15) is 0 Å². The highest BCUT2D eigenvalue weighted by atomic mass is 16.5. The number of benzene rings is 1. The highest BCUT2D eigenvalue weighted by Crippen LogP contribution is 2.28. The molecule has 1 heterocycles. The van der Waals surface area contributed by atoms with Crippen LogP contribution in [0, 0.1) is 5.41 Å². The van der Waals surface area contributed by atoms with Crippen LogP contribution in [0.15, 0.2) is 29.3 Å². The number of nitrogens with two attached hydrogens (primary N) is 1. The highest BCUT2D eigenvalue weighted by Gasteiger charge is 2.28. The molecule has 1 saturated heterocycles. The fourth-order valence-corrected chi connectivity index (χ4v) is 2.88. The maximum atomic E-state index is 11.5. The molecule has 25 heavy (non-hydrogen) atoms. The van der Waals surface area contributed by atoms with Crippen molar-refractivity contribution in [3.63, 3.8) is 0 Å². The Morgan fingerprint density at radius 1 is 1.40 bits per heavy atom. The molecule has 0 bridgehead atoms.